The molecule has 0 aromatic carbocycles. The number of rotatable bonds is 1. The highest BCUT2D eigenvalue weighted by molar-refractivity contribution is 8.15. The Morgan fingerprint density at radius 2 is 2.33 bits per heavy atom. The van der Waals surface area contributed by atoms with Crippen LogP contribution in [0.25, 0.3) is 0 Å². The number of aliphatic imine (C=N–C) groups is 1. The minimum Gasteiger partial charge on any atom is -0.272 e. The number of thioether (sulfide) groups is 1. The number of amides is 1. The fourth-order valence-electron chi connectivity index (χ4n) is 0.849. The highest BCUT2D eigenvalue weighted by Crippen LogP contribution is 2.17. The van der Waals surface area contributed by atoms with Gasteiger partial charge in [-0.3, -0.25) is 14.8 Å². The molecule has 0 N–H and O–H groups in total. The average molecular weight is 179 g/mol. The van der Waals surface area contributed by atoms with Crippen LogP contribution in [0.5, 0.6) is 0 Å². The summed E-state index contributed by atoms with van der Waals surface area (Å²) in [4.78, 5) is 22.5. The molecule has 2 rings (SSSR count). The monoisotopic (exact) mass is 179 g/mol. The lowest BCUT2D eigenvalue weighted by atomic mass is 10.5. The smallest absolute Gasteiger partial charge is 0.257 e. The molecule has 4 nitrogen and oxygen atoms in total. The molecule has 0 saturated heterocycles. The summed E-state index contributed by atoms with van der Waals surface area (Å²) in [6, 6.07) is 0. The molecule has 1 aromatic rings. The first kappa shape index (κ1) is 7.42. The van der Waals surface area contributed by atoms with Crippen LogP contribution in [0, 0.1) is 0 Å². The fraction of sp³-hybridized carbons (Fsp3) is 0.143. The maximum Gasteiger partial charge on any atom is 0.257 e. The van der Waals surface area contributed by atoms with Gasteiger partial charge in [0.1, 0.15) is 10.7 Å². The quantitative estimate of drug-likeness (QED) is 0.629. The van der Waals surface area contributed by atoms with Gasteiger partial charge in [-0.15, -0.1) is 0 Å². The Morgan fingerprint density at radius 3 is 2.92 bits per heavy atom. The summed E-state index contributed by atoms with van der Waals surface area (Å²) in [6.45, 7) is 0. The standard InChI is InChI=1S/C7H5N3OS/c11-6-4-12-7(10-6)5-3-8-1-2-9-5/h1-3H,4H2. The van der Waals surface area contributed by atoms with Crippen molar-refractivity contribution in [2.24, 2.45) is 4.99 Å². The van der Waals surface area contributed by atoms with E-state index in [-0.39, 0.29) is 5.91 Å². The molecule has 0 radical (unpaired) electrons. The summed E-state index contributed by atoms with van der Waals surface area (Å²) < 4.78 is 0. The zero-order valence-corrected chi connectivity index (χ0v) is 6.91. The van der Waals surface area contributed by atoms with Gasteiger partial charge in [-0.2, -0.15) is 0 Å². The summed E-state index contributed by atoms with van der Waals surface area (Å²) in [5, 5.41) is 0.674. The lowest BCUT2D eigenvalue weighted by Crippen LogP contribution is -1.95. The number of hydrogen-bond acceptors (Lipinski definition) is 4. The van der Waals surface area contributed by atoms with E-state index in [2.05, 4.69) is 15.0 Å². The van der Waals surface area contributed by atoms with Crippen molar-refractivity contribution in [3.05, 3.63) is 24.3 Å². The van der Waals surface area contributed by atoms with E-state index in [0.29, 0.717) is 16.5 Å². The number of aromatic nitrogens is 2. The SMILES string of the molecule is O=C1CSC(c2cnccn2)=N1. The fourth-order valence-corrected chi connectivity index (χ4v) is 1.59. The first-order chi connectivity index (χ1) is 5.86. The van der Waals surface area contributed by atoms with Crippen molar-refractivity contribution in [3.63, 3.8) is 0 Å². The highest BCUT2D eigenvalue weighted by atomic mass is 32.2. The summed E-state index contributed by atoms with van der Waals surface area (Å²) in [7, 11) is 0. The second-order valence-electron chi connectivity index (χ2n) is 2.19. The van der Waals surface area contributed by atoms with Gasteiger partial charge in [0.25, 0.3) is 5.91 Å². The molecule has 0 aliphatic carbocycles. The van der Waals surface area contributed by atoms with E-state index in [4.69, 9.17) is 0 Å². The Bertz CT molecular complexity index is 336. The minimum atomic E-state index is -0.0966. The molecule has 0 saturated carbocycles. The molecule has 60 valence electrons. The molecule has 5 heteroatoms. The van der Waals surface area contributed by atoms with Crippen LogP contribution in [0.1, 0.15) is 5.69 Å². The summed E-state index contributed by atoms with van der Waals surface area (Å²) in [5.41, 5.74) is 0.674. The second-order valence-corrected chi connectivity index (χ2v) is 3.15. The summed E-state index contributed by atoms with van der Waals surface area (Å²) in [5.74, 6) is 0.326. The Hall–Kier alpha value is -1.23. The molecule has 1 aliphatic heterocycles. The van der Waals surface area contributed by atoms with E-state index in [0.717, 1.165) is 0 Å². The molecule has 12 heavy (non-hydrogen) atoms. The number of nitrogens with zero attached hydrogens (tertiary/aromatic N) is 3. The van der Waals surface area contributed by atoms with Gasteiger partial charge in [0, 0.05) is 12.4 Å². The van der Waals surface area contributed by atoms with Gasteiger partial charge in [-0.1, -0.05) is 11.8 Å². The molecule has 1 amide bonds. The van der Waals surface area contributed by atoms with Crippen LogP contribution in [0.15, 0.2) is 23.6 Å². The van der Waals surface area contributed by atoms with Gasteiger partial charge in [0.15, 0.2) is 0 Å². The van der Waals surface area contributed by atoms with Gasteiger partial charge >= 0.3 is 0 Å². The third-order valence-corrected chi connectivity index (χ3v) is 2.31. The second kappa shape index (κ2) is 3.02. The van der Waals surface area contributed by atoms with Gasteiger partial charge in [0.05, 0.1) is 11.9 Å². The predicted molar refractivity (Wildman–Crippen MR) is 46.0 cm³/mol. The Labute approximate surface area is 73.1 Å². The molecule has 2 heterocycles. The molecular formula is C7H5N3OS. The predicted octanol–water partition coefficient (Wildman–Crippen LogP) is 0.497. The van der Waals surface area contributed by atoms with Crippen LogP contribution < -0.4 is 0 Å². The summed E-state index contributed by atoms with van der Waals surface area (Å²) in [6.07, 6.45) is 4.77. The molecule has 0 bridgehead atoms. The van der Waals surface area contributed by atoms with Crippen LogP contribution in [0.3, 0.4) is 0 Å². The normalized spacial score (nSPS) is 16.3. The Kier molecular flexibility index (Phi) is 1.87. The zero-order chi connectivity index (χ0) is 8.39. The lowest BCUT2D eigenvalue weighted by Gasteiger charge is -1.93. The van der Waals surface area contributed by atoms with Crippen LogP contribution in [0.2, 0.25) is 0 Å². The van der Waals surface area contributed by atoms with Gasteiger partial charge < -0.3 is 0 Å². The lowest BCUT2D eigenvalue weighted by molar-refractivity contribution is -0.115. The van der Waals surface area contributed by atoms with E-state index in [1.54, 1.807) is 18.6 Å². The van der Waals surface area contributed by atoms with Crippen molar-refractivity contribution in [3.8, 4) is 0 Å². The van der Waals surface area contributed by atoms with Crippen LogP contribution in [-0.2, 0) is 4.79 Å². The van der Waals surface area contributed by atoms with Crippen molar-refractivity contribution in [1.82, 2.24) is 9.97 Å². The van der Waals surface area contributed by atoms with Crippen molar-refractivity contribution < 1.29 is 4.79 Å². The topological polar surface area (TPSA) is 55.2 Å². The van der Waals surface area contributed by atoms with Crippen LogP contribution in [0.4, 0.5) is 0 Å². The average Bonchev–Trinajstić information content (AvgIpc) is 2.54. The molecule has 1 aliphatic rings. The molecule has 0 unspecified atom stereocenters. The zero-order valence-electron chi connectivity index (χ0n) is 6.10. The van der Waals surface area contributed by atoms with Crippen molar-refractivity contribution in [1.29, 1.82) is 0 Å². The molecule has 1 aromatic heterocycles. The van der Waals surface area contributed by atoms with Crippen molar-refractivity contribution >= 4 is 22.7 Å². The molecular weight excluding hydrogens is 174 g/mol. The van der Waals surface area contributed by atoms with Crippen molar-refractivity contribution in [2.45, 2.75) is 0 Å². The third-order valence-electron chi connectivity index (χ3n) is 1.34. The van der Waals surface area contributed by atoms with E-state index in [1.807, 2.05) is 0 Å². The number of hydrogen-bond donors (Lipinski definition) is 0. The first-order valence-corrected chi connectivity index (χ1v) is 4.35. The Balaban J connectivity index is 2.33. The molecule has 0 fully saturated rings. The number of carbonyl (C=O) groups excluding carboxylic acids is 1. The third kappa shape index (κ3) is 1.35. The maximum atomic E-state index is 10.8. The van der Waals surface area contributed by atoms with E-state index in [9.17, 15) is 4.79 Å². The first-order valence-electron chi connectivity index (χ1n) is 3.37. The van der Waals surface area contributed by atoms with Gasteiger partial charge in [-0.25, -0.2) is 4.99 Å². The molecule has 0 atom stereocenters. The van der Waals surface area contributed by atoms with Crippen LogP contribution in [-0.4, -0.2) is 26.7 Å². The minimum absolute atomic E-state index is 0.0966. The molecule has 0 spiro atoms. The largest absolute Gasteiger partial charge is 0.272 e. The van der Waals surface area contributed by atoms with E-state index in [1.165, 1.54) is 11.8 Å². The maximum absolute atomic E-state index is 10.8. The highest BCUT2D eigenvalue weighted by Gasteiger charge is 2.16. The number of carbonyl (C=O) groups is 1. The Morgan fingerprint density at radius 1 is 1.42 bits per heavy atom. The van der Waals surface area contributed by atoms with Gasteiger partial charge in [-0.05, 0) is 0 Å². The van der Waals surface area contributed by atoms with E-state index >= 15 is 0 Å². The van der Waals surface area contributed by atoms with Crippen LogP contribution >= 0.6 is 11.8 Å². The van der Waals surface area contributed by atoms with Gasteiger partial charge in [0.2, 0.25) is 0 Å². The van der Waals surface area contributed by atoms with Crippen molar-refractivity contribution in [2.75, 3.05) is 5.75 Å². The van der Waals surface area contributed by atoms with E-state index < -0.39 is 0 Å². The summed E-state index contributed by atoms with van der Waals surface area (Å²) >= 11 is 1.40.